The van der Waals surface area contributed by atoms with Gasteiger partial charge in [0.2, 0.25) is 16.9 Å². The molecule has 2 atom stereocenters. The number of hydrogen-bond donors (Lipinski definition) is 1. The molecule has 1 aromatic heterocycles. The molecule has 0 saturated carbocycles. The fourth-order valence-corrected chi connectivity index (χ4v) is 4.26. The number of carbonyl (C=O) groups is 2. The molecule has 2 saturated heterocycles. The Labute approximate surface area is 178 Å². The highest BCUT2D eigenvalue weighted by atomic mass is 32.1. The van der Waals surface area contributed by atoms with Gasteiger partial charge in [-0.2, -0.15) is 0 Å². The van der Waals surface area contributed by atoms with Gasteiger partial charge in [-0.1, -0.05) is 17.4 Å². The van der Waals surface area contributed by atoms with Crippen LogP contribution in [0.25, 0.3) is 0 Å². The monoisotopic (exact) mass is 432 g/mol. The van der Waals surface area contributed by atoms with Crippen LogP contribution in [0.4, 0.5) is 5.13 Å². The number of ether oxygens (including phenoxy) is 3. The number of anilines is 1. The van der Waals surface area contributed by atoms with Gasteiger partial charge in [0.1, 0.15) is 11.1 Å². The predicted octanol–water partition coefficient (Wildman–Crippen LogP) is 1.98. The molecular weight excluding hydrogens is 408 g/mol. The predicted molar refractivity (Wildman–Crippen MR) is 110 cm³/mol. The standard InChI is InChI=1S/C20H24N4O5S/c1-12-22-23-20(30-12)21-18(25)10-24-9-14(8-19(24)26)13-3-4-16(27-2)17(7-13)29-15-5-6-28-11-15/h3-4,7,14-15H,5-6,8-11H2,1-2H3,(H,21,23,25)/t14-,15-/m1/s1. The molecule has 0 bridgehead atoms. The average Bonchev–Trinajstić information content (AvgIpc) is 3.45. The fourth-order valence-electron chi connectivity index (χ4n) is 3.65. The largest absolute Gasteiger partial charge is 0.493 e. The van der Waals surface area contributed by atoms with Crippen LogP contribution in [0.15, 0.2) is 18.2 Å². The SMILES string of the molecule is COc1ccc([C@@H]2CC(=O)N(CC(=O)Nc3nnc(C)s3)C2)cc1O[C@@H]1CCOC1. The van der Waals surface area contributed by atoms with Crippen molar-refractivity contribution in [3.63, 3.8) is 0 Å². The number of aryl methyl sites for hydroxylation is 1. The Morgan fingerprint density at radius 2 is 2.23 bits per heavy atom. The summed E-state index contributed by atoms with van der Waals surface area (Å²) in [5.74, 6) is 0.965. The minimum absolute atomic E-state index is 0.00328. The molecule has 0 spiro atoms. The van der Waals surface area contributed by atoms with Crippen molar-refractivity contribution in [2.24, 2.45) is 0 Å². The van der Waals surface area contributed by atoms with Crippen LogP contribution in [0.2, 0.25) is 0 Å². The summed E-state index contributed by atoms with van der Waals surface area (Å²) in [4.78, 5) is 26.3. The van der Waals surface area contributed by atoms with E-state index in [1.807, 2.05) is 25.1 Å². The second-order valence-electron chi connectivity index (χ2n) is 7.36. The summed E-state index contributed by atoms with van der Waals surface area (Å²) in [6, 6.07) is 5.74. The molecule has 2 aliphatic rings. The van der Waals surface area contributed by atoms with Crippen molar-refractivity contribution in [2.45, 2.75) is 31.8 Å². The Morgan fingerprint density at radius 1 is 1.37 bits per heavy atom. The van der Waals surface area contributed by atoms with Gasteiger partial charge in [0.05, 0.1) is 26.9 Å². The number of rotatable bonds is 7. The second kappa shape index (κ2) is 8.97. The molecule has 160 valence electrons. The summed E-state index contributed by atoms with van der Waals surface area (Å²) in [7, 11) is 1.60. The number of methoxy groups -OCH3 is 1. The number of amides is 2. The van der Waals surface area contributed by atoms with Gasteiger partial charge in [-0.3, -0.25) is 14.9 Å². The fraction of sp³-hybridized carbons (Fsp3) is 0.500. The van der Waals surface area contributed by atoms with Gasteiger partial charge in [0.15, 0.2) is 11.5 Å². The van der Waals surface area contributed by atoms with Crippen LogP contribution in [0.5, 0.6) is 11.5 Å². The van der Waals surface area contributed by atoms with Gasteiger partial charge in [-0.15, -0.1) is 10.2 Å². The number of nitrogens with one attached hydrogen (secondary N) is 1. The van der Waals surface area contributed by atoms with Gasteiger partial charge in [0.25, 0.3) is 0 Å². The molecule has 1 aromatic carbocycles. The van der Waals surface area contributed by atoms with Gasteiger partial charge in [0, 0.05) is 25.3 Å². The third-order valence-corrected chi connectivity index (χ3v) is 5.92. The number of nitrogens with zero attached hydrogens (tertiary/aromatic N) is 3. The van der Waals surface area contributed by atoms with Crippen molar-refractivity contribution in [3.05, 3.63) is 28.8 Å². The van der Waals surface area contributed by atoms with Crippen LogP contribution in [0.1, 0.15) is 29.3 Å². The molecule has 2 fully saturated rings. The highest BCUT2D eigenvalue weighted by Crippen LogP contribution is 2.36. The maximum absolute atomic E-state index is 12.5. The van der Waals surface area contributed by atoms with E-state index in [0.29, 0.717) is 42.8 Å². The van der Waals surface area contributed by atoms with Crippen LogP contribution in [0, 0.1) is 6.92 Å². The molecule has 1 N–H and O–H groups in total. The van der Waals surface area contributed by atoms with Crippen LogP contribution < -0.4 is 14.8 Å². The summed E-state index contributed by atoms with van der Waals surface area (Å²) in [6.45, 7) is 3.53. The molecule has 0 radical (unpaired) electrons. The Morgan fingerprint density at radius 3 is 2.93 bits per heavy atom. The quantitative estimate of drug-likeness (QED) is 0.714. The molecule has 0 aliphatic carbocycles. The summed E-state index contributed by atoms with van der Waals surface area (Å²) < 4.78 is 16.9. The van der Waals surface area contributed by atoms with Gasteiger partial charge in [-0.05, 0) is 24.6 Å². The molecule has 9 nitrogen and oxygen atoms in total. The van der Waals surface area contributed by atoms with Gasteiger partial charge in [-0.25, -0.2) is 0 Å². The van der Waals surface area contributed by atoms with Gasteiger partial charge < -0.3 is 19.1 Å². The topological polar surface area (TPSA) is 103 Å². The molecule has 2 aliphatic heterocycles. The highest BCUT2D eigenvalue weighted by molar-refractivity contribution is 7.15. The third-order valence-electron chi connectivity index (χ3n) is 5.16. The molecule has 2 aromatic rings. The van der Waals surface area contributed by atoms with Gasteiger partial charge >= 0.3 is 0 Å². The smallest absolute Gasteiger partial charge is 0.245 e. The summed E-state index contributed by atoms with van der Waals surface area (Å²) in [6.07, 6.45) is 1.19. The van der Waals surface area contributed by atoms with Crippen molar-refractivity contribution in [1.82, 2.24) is 15.1 Å². The first-order valence-electron chi connectivity index (χ1n) is 9.82. The van der Waals surface area contributed by atoms with Crippen LogP contribution in [-0.4, -0.2) is 66.4 Å². The van der Waals surface area contributed by atoms with E-state index in [1.165, 1.54) is 11.3 Å². The summed E-state index contributed by atoms with van der Waals surface area (Å²) in [5, 5.41) is 11.6. The maximum Gasteiger partial charge on any atom is 0.245 e. The summed E-state index contributed by atoms with van der Waals surface area (Å²) >= 11 is 1.30. The third kappa shape index (κ3) is 4.71. The summed E-state index contributed by atoms with van der Waals surface area (Å²) in [5.41, 5.74) is 0.987. The maximum atomic E-state index is 12.5. The van der Waals surface area contributed by atoms with Crippen molar-refractivity contribution in [3.8, 4) is 11.5 Å². The van der Waals surface area contributed by atoms with Crippen molar-refractivity contribution in [2.75, 3.05) is 38.7 Å². The van der Waals surface area contributed by atoms with Crippen molar-refractivity contribution in [1.29, 1.82) is 0 Å². The highest BCUT2D eigenvalue weighted by Gasteiger charge is 2.32. The van der Waals surface area contributed by atoms with E-state index in [1.54, 1.807) is 12.0 Å². The zero-order valence-electron chi connectivity index (χ0n) is 16.9. The van der Waals surface area contributed by atoms with Crippen molar-refractivity contribution < 1.29 is 23.8 Å². The van der Waals surface area contributed by atoms with E-state index in [9.17, 15) is 9.59 Å². The Bertz CT molecular complexity index is 928. The lowest BCUT2D eigenvalue weighted by molar-refractivity contribution is -0.131. The van der Waals surface area contributed by atoms with E-state index in [4.69, 9.17) is 14.2 Å². The first-order valence-corrected chi connectivity index (χ1v) is 10.6. The number of carbonyl (C=O) groups excluding carboxylic acids is 2. The number of aromatic nitrogens is 2. The minimum Gasteiger partial charge on any atom is -0.493 e. The lowest BCUT2D eigenvalue weighted by Crippen LogP contribution is -2.34. The zero-order valence-corrected chi connectivity index (χ0v) is 17.7. The van der Waals surface area contributed by atoms with E-state index < -0.39 is 0 Å². The first-order chi connectivity index (χ1) is 14.5. The Balaban J connectivity index is 1.40. The Hall–Kier alpha value is -2.72. The molecule has 0 unspecified atom stereocenters. The van der Waals surface area contributed by atoms with E-state index >= 15 is 0 Å². The van der Waals surface area contributed by atoms with E-state index in [2.05, 4.69) is 15.5 Å². The number of benzene rings is 1. The lowest BCUT2D eigenvalue weighted by Gasteiger charge is -2.18. The normalized spacial score (nSPS) is 21.1. The number of hydrogen-bond acceptors (Lipinski definition) is 8. The zero-order chi connectivity index (χ0) is 21.1. The molecule has 4 rings (SSSR count). The van der Waals surface area contributed by atoms with Crippen LogP contribution in [-0.2, 0) is 14.3 Å². The molecular formula is C20H24N4O5S. The van der Waals surface area contributed by atoms with Crippen molar-refractivity contribution >= 4 is 28.3 Å². The van der Waals surface area contributed by atoms with Crippen LogP contribution >= 0.6 is 11.3 Å². The Kier molecular flexibility index (Phi) is 6.14. The van der Waals surface area contributed by atoms with E-state index in [-0.39, 0.29) is 30.4 Å². The molecule has 30 heavy (non-hydrogen) atoms. The minimum atomic E-state index is -0.278. The number of likely N-dealkylation sites (tertiary alicyclic amines) is 1. The second-order valence-corrected chi connectivity index (χ2v) is 8.55. The molecule has 10 heteroatoms. The molecule has 3 heterocycles. The van der Waals surface area contributed by atoms with E-state index in [0.717, 1.165) is 17.0 Å². The van der Waals surface area contributed by atoms with Crippen LogP contribution in [0.3, 0.4) is 0 Å². The average molecular weight is 433 g/mol. The molecule has 2 amide bonds. The lowest BCUT2D eigenvalue weighted by atomic mass is 9.98. The first kappa shape index (κ1) is 20.5.